The van der Waals surface area contributed by atoms with Crippen molar-refractivity contribution in [3.8, 4) is 0 Å². The Hall–Kier alpha value is -1.54. The smallest absolute Gasteiger partial charge is 0.324 e. The zero-order valence-corrected chi connectivity index (χ0v) is 20.2. The zero-order valence-electron chi connectivity index (χ0n) is 18.6. The number of hydrogen-bond donors (Lipinski definition) is 1. The van der Waals surface area contributed by atoms with Crippen LogP contribution in [0.15, 0.2) is 29.2 Å². The number of anilines is 1. The van der Waals surface area contributed by atoms with Crippen molar-refractivity contribution in [2.24, 2.45) is 0 Å². The van der Waals surface area contributed by atoms with Crippen molar-refractivity contribution in [2.75, 3.05) is 4.72 Å². The summed E-state index contributed by atoms with van der Waals surface area (Å²) in [4.78, 5) is 0.779. The molecule has 9 heteroatoms. The van der Waals surface area contributed by atoms with Gasteiger partial charge < -0.3 is 4.72 Å². The van der Waals surface area contributed by atoms with E-state index in [2.05, 4.69) is 18.6 Å². The van der Waals surface area contributed by atoms with Crippen LogP contribution < -0.4 is 4.72 Å². The van der Waals surface area contributed by atoms with Crippen LogP contribution in [0.5, 0.6) is 0 Å². The zero-order chi connectivity index (χ0) is 24.6. The van der Waals surface area contributed by atoms with Gasteiger partial charge >= 0.3 is 12.4 Å². The fourth-order valence-corrected chi connectivity index (χ4v) is 4.70. The molecule has 1 nitrogen and oxygen atoms in total. The summed E-state index contributed by atoms with van der Waals surface area (Å²) in [5.74, 6) is 0.459. The van der Waals surface area contributed by atoms with Gasteiger partial charge in [-0.05, 0) is 58.5 Å². The van der Waals surface area contributed by atoms with Crippen molar-refractivity contribution in [2.45, 2.75) is 76.5 Å². The quantitative estimate of drug-likeness (QED) is 0.315. The average molecular weight is 498 g/mol. The Balaban J connectivity index is 2.61. The fraction of sp³-hybridized carbons (Fsp3) is 0.478. The molecule has 0 saturated heterocycles. The van der Waals surface area contributed by atoms with Crippen molar-refractivity contribution in [1.29, 1.82) is 0 Å². The molecular formula is C23H26ClF6NS. The summed E-state index contributed by atoms with van der Waals surface area (Å²) in [7, 11) is 0. The van der Waals surface area contributed by atoms with Gasteiger partial charge in [-0.25, -0.2) is 0 Å². The average Bonchev–Trinajstić information content (AvgIpc) is 2.64. The van der Waals surface area contributed by atoms with Gasteiger partial charge in [-0.3, -0.25) is 0 Å². The first-order valence-electron chi connectivity index (χ1n) is 10.1. The van der Waals surface area contributed by atoms with Crippen molar-refractivity contribution in [3.63, 3.8) is 0 Å². The maximum Gasteiger partial charge on any atom is 0.417 e. The summed E-state index contributed by atoms with van der Waals surface area (Å²) >= 11 is 6.88. The van der Waals surface area contributed by atoms with E-state index in [1.54, 1.807) is 0 Å². The lowest BCUT2D eigenvalue weighted by molar-refractivity contribution is -0.142. The monoisotopic (exact) mass is 497 g/mol. The Morgan fingerprint density at radius 2 is 1.25 bits per heavy atom. The molecule has 0 heterocycles. The van der Waals surface area contributed by atoms with Gasteiger partial charge in [0.05, 0.1) is 21.8 Å². The number of benzene rings is 2. The van der Waals surface area contributed by atoms with E-state index < -0.39 is 34.2 Å². The summed E-state index contributed by atoms with van der Waals surface area (Å²) in [5.41, 5.74) is -0.316. The Labute approximate surface area is 194 Å². The van der Waals surface area contributed by atoms with E-state index in [0.29, 0.717) is 6.07 Å². The molecule has 2 rings (SSSR count). The van der Waals surface area contributed by atoms with Crippen LogP contribution in [0.2, 0.25) is 5.02 Å². The SMILES string of the molecule is CC(C)c1cc(C(C)C)c(SNc2cc(C(F)(F)F)cc(C(F)(F)F)c2Cl)c(C(C)C)c1. The van der Waals surface area contributed by atoms with Gasteiger partial charge in [-0.1, -0.05) is 65.3 Å². The van der Waals surface area contributed by atoms with E-state index in [1.807, 2.05) is 39.8 Å². The fourth-order valence-electron chi connectivity index (χ4n) is 3.18. The molecule has 0 unspecified atom stereocenters. The third-order valence-electron chi connectivity index (χ3n) is 5.05. The molecule has 0 amide bonds. The third kappa shape index (κ3) is 6.07. The second kappa shape index (κ2) is 9.75. The van der Waals surface area contributed by atoms with Crippen molar-refractivity contribution in [3.05, 3.63) is 57.1 Å². The molecule has 0 saturated carbocycles. The van der Waals surface area contributed by atoms with Crippen LogP contribution >= 0.6 is 23.5 Å². The largest absolute Gasteiger partial charge is 0.417 e. The minimum atomic E-state index is -5.02. The van der Waals surface area contributed by atoms with Gasteiger partial charge in [-0.2, -0.15) is 26.3 Å². The molecule has 2 aromatic carbocycles. The van der Waals surface area contributed by atoms with Crippen LogP contribution in [0.4, 0.5) is 32.0 Å². The lowest BCUT2D eigenvalue weighted by Gasteiger charge is -2.23. The van der Waals surface area contributed by atoms with Crippen LogP contribution in [0, 0.1) is 0 Å². The molecule has 0 radical (unpaired) electrons. The van der Waals surface area contributed by atoms with Gasteiger partial charge in [0.25, 0.3) is 0 Å². The second-order valence-electron chi connectivity index (χ2n) is 8.58. The molecule has 0 bridgehead atoms. The molecule has 0 aliphatic rings. The minimum Gasteiger partial charge on any atom is -0.324 e. The standard InChI is InChI=1S/C23H26ClF6NS/c1-11(2)14-7-16(12(3)4)21(17(8-14)13(5)6)32-31-19-10-15(22(25,26)27)9-18(20(19)24)23(28,29)30/h7-13,31H,1-6H3. The normalized spacial score (nSPS) is 12.9. The van der Waals surface area contributed by atoms with Crippen LogP contribution in [0.3, 0.4) is 0 Å². The Kier molecular flexibility index (Phi) is 8.14. The van der Waals surface area contributed by atoms with E-state index >= 15 is 0 Å². The van der Waals surface area contributed by atoms with E-state index in [1.165, 1.54) is 0 Å². The first kappa shape index (κ1) is 26.7. The highest BCUT2D eigenvalue weighted by Crippen LogP contribution is 2.45. The summed E-state index contributed by atoms with van der Waals surface area (Å²) in [6.07, 6.45) is -9.97. The third-order valence-corrected chi connectivity index (χ3v) is 6.45. The Bertz CT molecular complexity index is 935. The molecule has 0 spiro atoms. The van der Waals surface area contributed by atoms with Gasteiger partial charge in [-0.15, -0.1) is 0 Å². The lowest BCUT2D eigenvalue weighted by Crippen LogP contribution is -2.12. The van der Waals surface area contributed by atoms with E-state index in [9.17, 15) is 26.3 Å². The maximum absolute atomic E-state index is 13.3. The van der Waals surface area contributed by atoms with Gasteiger partial charge in [0.1, 0.15) is 0 Å². The Morgan fingerprint density at radius 3 is 1.62 bits per heavy atom. The minimum absolute atomic E-state index is 0.0364. The summed E-state index contributed by atoms with van der Waals surface area (Å²) in [6.45, 7) is 12.1. The van der Waals surface area contributed by atoms with Crippen molar-refractivity contribution in [1.82, 2.24) is 0 Å². The van der Waals surface area contributed by atoms with Gasteiger partial charge in [0, 0.05) is 4.90 Å². The van der Waals surface area contributed by atoms with Crippen LogP contribution in [-0.4, -0.2) is 0 Å². The first-order chi connectivity index (χ1) is 14.5. The summed E-state index contributed by atoms with van der Waals surface area (Å²) < 4.78 is 82.4. The highest BCUT2D eigenvalue weighted by molar-refractivity contribution is 8.00. The lowest BCUT2D eigenvalue weighted by atomic mass is 9.89. The van der Waals surface area contributed by atoms with Gasteiger partial charge in [0.2, 0.25) is 0 Å². The molecule has 0 aliphatic heterocycles. The van der Waals surface area contributed by atoms with E-state index in [-0.39, 0.29) is 23.8 Å². The van der Waals surface area contributed by atoms with E-state index in [4.69, 9.17) is 11.6 Å². The Morgan fingerprint density at radius 1 is 0.750 bits per heavy atom. The molecule has 2 aromatic rings. The molecular weight excluding hydrogens is 472 g/mol. The number of hydrogen-bond acceptors (Lipinski definition) is 2. The number of rotatable bonds is 6. The highest BCUT2D eigenvalue weighted by atomic mass is 35.5. The predicted molar refractivity (Wildman–Crippen MR) is 120 cm³/mol. The van der Waals surface area contributed by atoms with Gasteiger partial charge in [0.15, 0.2) is 0 Å². The predicted octanol–water partition coefficient (Wildman–Crippen LogP) is 9.87. The molecule has 0 atom stereocenters. The van der Waals surface area contributed by atoms with E-state index in [0.717, 1.165) is 33.5 Å². The highest BCUT2D eigenvalue weighted by Gasteiger charge is 2.39. The number of halogens is 7. The van der Waals surface area contributed by atoms with Crippen LogP contribution in [0.1, 0.15) is 87.1 Å². The number of nitrogens with one attached hydrogen (secondary N) is 1. The topological polar surface area (TPSA) is 12.0 Å². The summed E-state index contributed by atoms with van der Waals surface area (Å²) in [5, 5.41) is -0.797. The first-order valence-corrected chi connectivity index (χ1v) is 11.3. The van der Waals surface area contributed by atoms with Crippen LogP contribution in [0.25, 0.3) is 0 Å². The number of alkyl halides is 6. The summed E-state index contributed by atoms with van der Waals surface area (Å²) in [6, 6.07) is 4.73. The molecule has 0 aromatic heterocycles. The van der Waals surface area contributed by atoms with Crippen LogP contribution in [-0.2, 0) is 12.4 Å². The molecule has 32 heavy (non-hydrogen) atoms. The molecule has 0 aliphatic carbocycles. The molecule has 178 valence electrons. The van der Waals surface area contributed by atoms with Crippen molar-refractivity contribution < 1.29 is 26.3 Å². The maximum atomic E-state index is 13.3. The molecule has 1 N–H and O–H groups in total. The molecule has 0 fully saturated rings. The second-order valence-corrected chi connectivity index (χ2v) is 9.77. The van der Waals surface area contributed by atoms with Crippen molar-refractivity contribution >= 4 is 29.2 Å².